The van der Waals surface area contributed by atoms with E-state index in [0.29, 0.717) is 52.8 Å². The summed E-state index contributed by atoms with van der Waals surface area (Å²) < 4.78 is 17.7. The molecular formula is C33H36N2O7S. The molecule has 2 aliphatic heterocycles. The normalized spacial score (nSPS) is 19.0. The van der Waals surface area contributed by atoms with Crippen molar-refractivity contribution in [2.45, 2.75) is 72.4 Å². The monoisotopic (exact) mass is 604 g/mol. The largest absolute Gasteiger partial charge is 0.507 e. The van der Waals surface area contributed by atoms with Crippen LogP contribution >= 0.6 is 11.3 Å². The SMILES string of the molecule is CCCCCOc1ccc([C@H]2C(=C(O)c3ccc4c(c3)C[C@@H](C)O4)C(=O)C(=O)N2c2nc(C)c(C(C)=O)s2)cc1OCC. The van der Waals surface area contributed by atoms with E-state index < -0.39 is 17.7 Å². The predicted molar refractivity (Wildman–Crippen MR) is 165 cm³/mol. The second-order valence-electron chi connectivity index (χ2n) is 10.8. The molecule has 1 amide bonds. The third kappa shape index (κ3) is 5.88. The zero-order chi connectivity index (χ0) is 30.8. The van der Waals surface area contributed by atoms with Gasteiger partial charge >= 0.3 is 5.91 Å². The Bertz CT molecular complexity index is 1610. The first-order valence-electron chi connectivity index (χ1n) is 14.6. The van der Waals surface area contributed by atoms with Gasteiger partial charge in [0.25, 0.3) is 5.78 Å². The minimum atomic E-state index is -1.03. The molecule has 1 fully saturated rings. The van der Waals surface area contributed by atoms with E-state index in [0.717, 1.165) is 41.9 Å². The first-order chi connectivity index (χ1) is 20.6. The Morgan fingerprint density at radius 1 is 1.12 bits per heavy atom. The van der Waals surface area contributed by atoms with Crippen molar-refractivity contribution in [1.82, 2.24) is 4.98 Å². The number of nitrogens with zero attached hydrogens (tertiary/aromatic N) is 2. The highest BCUT2D eigenvalue weighted by atomic mass is 32.1. The molecule has 0 radical (unpaired) electrons. The van der Waals surface area contributed by atoms with Gasteiger partial charge in [0, 0.05) is 18.9 Å². The first-order valence-corrected chi connectivity index (χ1v) is 15.4. The van der Waals surface area contributed by atoms with Crippen LogP contribution in [0.3, 0.4) is 0 Å². The molecule has 10 heteroatoms. The number of carbonyl (C=O) groups excluding carboxylic acids is 3. The molecule has 1 N–H and O–H groups in total. The Balaban J connectivity index is 1.65. The van der Waals surface area contributed by atoms with Crippen molar-refractivity contribution in [3.63, 3.8) is 0 Å². The van der Waals surface area contributed by atoms with E-state index in [1.54, 1.807) is 43.3 Å². The van der Waals surface area contributed by atoms with Gasteiger partial charge in [0.05, 0.1) is 35.4 Å². The molecule has 3 aromatic rings. The van der Waals surface area contributed by atoms with Crippen LogP contribution in [0.5, 0.6) is 17.2 Å². The molecule has 9 nitrogen and oxygen atoms in total. The number of aryl methyl sites for hydroxylation is 1. The van der Waals surface area contributed by atoms with Gasteiger partial charge in [-0.15, -0.1) is 0 Å². The summed E-state index contributed by atoms with van der Waals surface area (Å²) in [5, 5.41) is 11.9. The van der Waals surface area contributed by atoms with Gasteiger partial charge in [-0.2, -0.15) is 0 Å². The van der Waals surface area contributed by atoms with E-state index in [-0.39, 0.29) is 28.4 Å². The molecule has 3 heterocycles. The van der Waals surface area contributed by atoms with Crippen LogP contribution in [0.25, 0.3) is 5.76 Å². The maximum Gasteiger partial charge on any atom is 0.301 e. The fraction of sp³-hybridized carbons (Fsp3) is 0.394. The molecular weight excluding hydrogens is 568 g/mol. The van der Waals surface area contributed by atoms with Crippen molar-refractivity contribution in [3.8, 4) is 17.2 Å². The van der Waals surface area contributed by atoms with Gasteiger partial charge in [0.15, 0.2) is 22.4 Å². The van der Waals surface area contributed by atoms with Crippen LogP contribution in [0, 0.1) is 6.92 Å². The highest BCUT2D eigenvalue weighted by Crippen LogP contribution is 2.46. The molecule has 2 aromatic carbocycles. The molecule has 0 unspecified atom stereocenters. The second kappa shape index (κ2) is 12.6. The lowest BCUT2D eigenvalue weighted by Gasteiger charge is -2.24. The number of rotatable bonds is 11. The van der Waals surface area contributed by atoms with Gasteiger partial charge in [0.1, 0.15) is 17.6 Å². The number of aliphatic hydroxyl groups excluding tert-OH is 1. The van der Waals surface area contributed by atoms with Crippen molar-refractivity contribution in [2.24, 2.45) is 0 Å². The molecule has 1 saturated heterocycles. The summed E-state index contributed by atoms with van der Waals surface area (Å²) in [6, 6.07) is 9.46. The van der Waals surface area contributed by atoms with E-state index in [1.165, 1.54) is 11.8 Å². The molecule has 0 bridgehead atoms. The Hall–Kier alpha value is -4.18. The predicted octanol–water partition coefficient (Wildman–Crippen LogP) is 6.57. The van der Waals surface area contributed by atoms with Crippen LogP contribution in [0.1, 0.15) is 85.1 Å². The van der Waals surface area contributed by atoms with Crippen LogP contribution in [0.4, 0.5) is 5.13 Å². The number of unbranched alkanes of at least 4 members (excludes halogenated alkanes) is 2. The van der Waals surface area contributed by atoms with Crippen LogP contribution < -0.4 is 19.1 Å². The lowest BCUT2D eigenvalue weighted by molar-refractivity contribution is -0.132. The molecule has 0 saturated carbocycles. The average Bonchev–Trinajstić information content (AvgIpc) is 3.63. The van der Waals surface area contributed by atoms with Gasteiger partial charge in [0.2, 0.25) is 0 Å². The van der Waals surface area contributed by atoms with E-state index in [1.807, 2.05) is 13.8 Å². The van der Waals surface area contributed by atoms with Gasteiger partial charge in [-0.3, -0.25) is 19.3 Å². The Kier molecular flexibility index (Phi) is 8.87. The molecule has 2 atom stereocenters. The Labute approximate surface area is 255 Å². The van der Waals surface area contributed by atoms with Crippen molar-refractivity contribution >= 4 is 39.7 Å². The van der Waals surface area contributed by atoms with E-state index in [4.69, 9.17) is 14.2 Å². The molecule has 2 aliphatic rings. The van der Waals surface area contributed by atoms with Gasteiger partial charge in [-0.1, -0.05) is 37.2 Å². The minimum Gasteiger partial charge on any atom is -0.507 e. The molecule has 226 valence electrons. The van der Waals surface area contributed by atoms with E-state index in [2.05, 4.69) is 11.9 Å². The summed E-state index contributed by atoms with van der Waals surface area (Å²) in [6.07, 6.45) is 3.67. The molecule has 5 rings (SSSR count). The zero-order valence-electron chi connectivity index (χ0n) is 25.1. The fourth-order valence-electron chi connectivity index (χ4n) is 5.50. The first kappa shape index (κ1) is 30.3. The van der Waals surface area contributed by atoms with E-state index >= 15 is 0 Å². The number of Topliss-reactive ketones (excluding diaryl/α,β-unsaturated/α-hetero) is 2. The topological polar surface area (TPSA) is 115 Å². The second-order valence-corrected chi connectivity index (χ2v) is 11.8. The highest BCUT2D eigenvalue weighted by Gasteiger charge is 2.48. The molecule has 0 spiro atoms. The maximum atomic E-state index is 13.7. The quantitative estimate of drug-likeness (QED) is 0.0859. The smallest absolute Gasteiger partial charge is 0.301 e. The summed E-state index contributed by atoms with van der Waals surface area (Å²) >= 11 is 1.04. The van der Waals surface area contributed by atoms with Crippen LogP contribution in [-0.2, 0) is 16.0 Å². The number of aromatic nitrogens is 1. The molecule has 1 aromatic heterocycles. The standard InChI is InChI=1S/C33H36N2O7S/c1-6-8-9-14-41-25-13-10-21(17-26(25)40-7-2)28-27(29(37)22-11-12-24-23(16-22)15-18(3)42-24)30(38)32(39)35(28)33-34-19(4)31(43-33)20(5)36/h10-13,16-18,28,37H,6-9,14-15H2,1-5H3/t18-,28+/m1/s1. The lowest BCUT2D eigenvalue weighted by Crippen LogP contribution is -2.29. The number of amides is 1. The number of ether oxygens (including phenoxy) is 3. The van der Waals surface area contributed by atoms with Crippen molar-refractivity contribution in [2.75, 3.05) is 18.1 Å². The summed E-state index contributed by atoms with van der Waals surface area (Å²) in [5.74, 6) is -0.430. The van der Waals surface area contributed by atoms with Crippen molar-refractivity contribution in [3.05, 3.63) is 69.2 Å². The summed E-state index contributed by atoms with van der Waals surface area (Å²) in [6.45, 7) is 9.97. The fourth-order valence-corrected chi connectivity index (χ4v) is 6.49. The number of benzene rings is 2. The summed E-state index contributed by atoms with van der Waals surface area (Å²) in [7, 11) is 0. The Morgan fingerprint density at radius 2 is 1.91 bits per heavy atom. The van der Waals surface area contributed by atoms with Crippen LogP contribution in [0.15, 0.2) is 42.0 Å². The number of fused-ring (bicyclic) bond motifs is 1. The number of ketones is 2. The van der Waals surface area contributed by atoms with Crippen molar-refractivity contribution < 1.29 is 33.7 Å². The third-order valence-corrected chi connectivity index (χ3v) is 8.77. The van der Waals surface area contributed by atoms with Gasteiger partial charge < -0.3 is 19.3 Å². The number of anilines is 1. The summed E-state index contributed by atoms with van der Waals surface area (Å²) in [5.41, 5.74) is 2.23. The average molecular weight is 605 g/mol. The van der Waals surface area contributed by atoms with Crippen molar-refractivity contribution in [1.29, 1.82) is 0 Å². The van der Waals surface area contributed by atoms with Crippen LogP contribution in [0.2, 0.25) is 0 Å². The van der Waals surface area contributed by atoms with E-state index in [9.17, 15) is 19.5 Å². The highest BCUT2D eigenvalue weighted by molar-refractivity contribution is 7.18. The number of aliphatic hydroxyl groups is 1. The summed E-state index contributed by atoms with van der Waals surface area (Å²) in [4.78, 5) is 45.8. The zero-order valence-corrected chi connectivity index (χ0v) is 25.9. The number of hydrogen-bond acceptors (Lipinski definition) is 9. The number of thiazole rings is 1. The third-order valence-electron chi connectivity index (χ3n) is 7.51. The maximum absolute atomic E-state index is 13.7. The van der Waals surface area contributed by atoms with Crippen LogP contribution in [-0.4, -0.2) is 46.9 Å². The minimum absolute atomic E-state index is 0.00119. The van der Waals surface area contributed by atoms with Gasteiger partial charge in [-0.25, -0.2) is 4.98 Å². The van der Waals surface area contributed by atoms with Gasteiger partial charge in [-0.05, 0) is 68.7 Å². The lowest BCUT2D eigenvalue weighted by atomic mass is 9.94. The Morgan fingerprint density at radius 3 is 2.60 bits per heavy atom. The molecule has 0 aliphatic carbocycles. The number of carbonyl (C=O) groups is 3. The number of hydrogen-bond donors (Lipinski definition) is 1. The molecule has 43 heavy (non-hydrogen) atoms.